The summed E-state index contributed by atoms with van der Waals surface area (Å²) in [6.07, 6.45) is 21.3. The first-order valence-corrected chi connectivity index (χ1v) is 15.6. The Hall–Kier alpha value is -0.990. The van der Waals surface area contributed by atoms with E-state index in [0.29, 0.717) is 31.5 Å². The van der Waals surface area contributed by atoms with Crippen LogP contribution in [0.4, 0.5) is 0 Å². The molecule has 7 heteroatoms. The van der Waals surface area contributed by atoms with Gasteiger partial charge in [0.1, 0.15) is 0 Å². The number of hydrogen-bond acceptors (Lipinski definition) is 7. The summed E-state index contributed by atoms with van der Waals surface area (Å²) in [7, 11) is 1.38. The molecule has 3 aliphatic rings. The number of aliphatic hydroxyl groups is 1. The Morgan fingerprint density at radius 3 is 2.18 bits per heavy atom. The molecule has 3 fully saturated rings. The molecule has 2 unspecified atom stereocenters. The number of carbonyl (C=O) groups excluding carboxylic acids is 1. The van der Waals surface area contributed by atoms with Crippen LogP contribution in [0, 0.1) is 11.8 Å². The first-order chi connectivity index (χ1) is 18.6. The summed E-state index contributed by atoms with van der Waals surface area (Å²) in [5.41, 5.74) is 0. The van der Waals surface area contributed by atoms with Gasteiger partial charge in [0.2, 0.25) is 0 Å². The van der Waals surface area contributed by atoms with Gasteiger partial charge in [0, 0.05) is 19.6 Å². The van der Waals surface area contributed by atoms with E-state index < -0.39 is 24.3 Å². The monoisotopic (exact) mass is 538 g/mol. The number of esters is 1. The SMILES string of the molecule is CCCCCCC=C[C@H]1CC[C@H](O)[C@@H]1CCCCCC(OC1CCCCO1)(OC1CCCCO1)C(=O)OC. The molecule has 1 aliphatic carbocycles. The van der Waals surface area contributed by atoms with Crippen molar-refractivity contribution in [1.29, 1.82) is 0 Å². The standard InChI is InChI=1S/C31H54O7/c1-3-4-5-6-7-9-16-25-20-21-27(32)26(25)17-10-8-13-22-31(30(33)34-2,37-28-18-11-14-23-35-28)38-29-19-12-15-24-36-29/h9,16,25-29,32H,3-8,10-15,17-24H2,1-2H3/t25-,26+,27-,28?,29?,31?/m0/s1. The summed E-state index contributed by atoms with van der Waals surface area (Å²) in [6.45, 7) is 3.49. The molecule has 3 rings (SSSR count). The number of methoxy groups -OCH3 is 1. The van der Waals surface area contributed by atoms with Crippen molar-refractivity contribution in [3.63, 3.8) is 0 Å². The lowest BCUT2D eigenvalue weighted by Crippen LogP contribution is -2.51. The van der Waals surface area contributed by atoms with Crippen molar-refractivity contribution in [3.8, 4) is 0 Å². The van der Waals surface area contributed by atoms with Gasteiger partial charge in [-0.2, -0.15) is 0 Å². The first-order valence-electron chi connectivity index (χ1n) is 15.6. The molecule has 0 spiro atoms. The third kappa shape index (κ3) is 10.2. The Labute approximate surface area is 231 Å². The number of ether oxygens (including phenoxy) is 5. The summed E-state index contributed by atoms with van der Waals surface area (Å²) in [6, 6.07) is 0. The van der Waals surface area contributed by atoms with Crippen molar-refractivity contribution in [1.82, 2.24) is 0 Å². The van der Waals surface area contributed by atoms with E-state index in [-0.39, 0.29) is 6.10 Å². The van der Waals surface area contributed by atoms with Gasteiger partial charge in [0.05, 0.1) is 13.2 Å². The van der Waals surface area contributed by atoms with Gasteiger partial charge in [-0.05, 0) is 88.9 Å². The first kappa shape index (κ1) is 31.5. The lowest BCUT2D eigenvalue weighted by Gasteiger charge is -2.38. The van der Waals surface area contributed by atoms with Gasteiger partial charge in [0.25, 0.3) is 5.79 Å². The van der Waals surface area contributed by atoms with E-state index in [4.69, 9.17) is 23.7 Å². The van der Waals surface area contributed by atoms with Gasteiger partial charge < -0.3 is 28.8 Å². The van der Waals surface area contributed by atoms with Crippen LogP contribution in [0.2, 0.25) is 0 Å². The highest BCUT2D eigenvalue weighted by molar-refractivity contribution is 5.77. The van der Waals surface area contributed by atoms with Gasteiger partial charge in [0.15, 0.2) is 12.6 Å². The van der Waals surface area contributed by atoms with E-state index in [1.807, 2.05) is 0 Å². The van der Waals surface area contributed by atoms with Crippen molar-refractivity contribution in [2.45, 2.75) is 147 Å². The van der Waals surface area contributed by atoms with E-state index >= 15 is 0 Å². The average molecular weight is 539 g/mol. The van der Waals surface area contributed by atoms with E-state index in [0.717, 1.165) is 83.5 Å². The normalized spacial score (nSPS) is 29.9. The predicted molar refractivity (Wildman–Crippen MR) is 147 cm³/mol. The van der Waals surface area contributed by atoms with Crippen LogP contribution in [-0.4, -0.2) is 55.9 Å². The van der Waals surface area contributed by atoms with Gasteiger partial charge in [-0.3, -0.25) is 0 Å². The number of carbonyl (C=O) groups is 1. The summed E-state index contributed by atoms with van der Waals surface area (Å²) >= 11 is 0. The van der Waals surface area contributed by atoms with E-state index in [2.05, 4.69) is 19.1 Å². The Bertz CT molecular complexity index is 649. The lowest BCUT2D eigenvalue weighted by molar-refractivity contribution is -0.353. The number of unbranched alkanes of at least 4 members (excludes halogenated alkanes) is 6. The molecule has 2 heterocycles. The Kier molecular flexibility index (Phi) is 14.6. The fourth-order valence-corrected chi connectivity index (χ4v) is 6.13. The molecule has 1 N–H and O–H groups in total. The molecular formula is C31H54O7. The molecule has 2 saturated heterocycles. The zero-order chi connectivity index (χ0) is 27.1. The van der Waals surface area contributed by atoms with Gasteiger partial charge in [-0.25, -0.2) is 4.79 Å². The second-order valence-corrected chi connectivity index (χ2v) is 11.4. The molecule has 0 aromatic carbocycles. The molecule has 0 aromatic rings. The van der Waals surface area contributed by atoms with Crippen LogP contribution in [0.5, 0.6) is 0 Å². The Balaban J connectivity index is 1.51. The molecule has 5 atom stereocenters. The van der Waals surface area contributed by atoms with Crippen LogP contribution in [0.3, 0.4) is 0 Å². The zero-order valence-corrected chi connectivity index (χ0v) is 24.1. The highest BCUT2D eigenvalue weighted by Crippen LogP contribution is 2.37. The van der Waals surface area contributed by atoms with E-state index in [9.17, 15) is 9.90 Å². The zero-order valence-electron chi connectivity index (χ0n) is 24.1. The van der Waals surface area contributed by atoms with Crippen LogP contribution in [0.25, 0.3) is 0 Å². The minimum atomic E-state index is -1.52. The highest BCUT2D eigenvalue weighted by Gasteiger charge is 2.47. The topological polar surface area (TPSA) is 83.5 Å². The molecule has 0 radical (unpaired) electrons. The summed E-state index contributed by atoms with van der Waals surface area (Å²) in [5.74, 6) is -1.24. The maximum Gasteiger partial charge on any atom is 0.366 e. The number of aliphatic hydroxyl groups excluding tert-OH is 1. The molecule has 0 bridgehead atoms. The molecule has 0 amide bonds. The fourth-order valence-electron chi connectivity index (χ4n) is 6.13. The maximum atomic E-state index is 13.1. The van der Waals surface area contributed by atoms with Gasteiger partial charge >= 0.3 is 5.97 Å². The molecule has 220 valence electrons. The molecule has 2 aliphatic heterocycles. The minimum absolute atomic E-state index is 0.211. The van der Waals surface area contributed by atoms with Crippen LogP contribution in [0.1, 0.15) is 122 Å². The van der Waals surface area contributed by atoms with Crippen LogP contribution < -0.4 is 0 Å². The average Bonchev–Trinajstić information content (AvgIpc) is 3.29. The quantitative estimate of drug-likeness (QED) is 0.0943. The van der Waals surface area contributed by atoms with Crippen LogP contribution >= 0.6 is 0 Å². The second-order valence-electron chi connectivity index (χ2n) is 11.4. The number of hydrogen-bond donors (Lipinski definition) is 1. The highest BCUT2D eigenvalue weighted by atomic mass is 16.8. The maximum absolute atomic E-state index is 13.1. The van der Waals surface area contributed by atoms with Crippen molar-refractivity contribution < 1.29 is 33.6 Å². The van der Waals surface area contributed by atoms with Gasteiger partial charge in [-0.15, -0.1) is 0 Å². The fraction of sp³-hybridized carbons (Fsp3) is 0.903. The third-order valence-electron chi connectivity index (χ3n) is 8.41. The van der Waals surface area contributed by atoms with Crippen LogP contribution in [0.15, 0.2) is 12.2 Å². The van der Waals surface area contributed by atoms with Crippen LogP contribution in [-0.2, 0) is 28.5 Å². The third-order valence-corrected chi connectivity index (χ3v) is 8.41. The predicted octanol–water partition coefficient (Wildman–Crippen LogP) is 6.81. The summed E-state index contributed by atoms with van der Waals surface area (Å²) in [5, 5.41) is 10.6. The summed E-state index contributed by atoms with van der Waals surface area (Å²) < 4.78 is 29.4. The van der Waals surface area contributed by atoms with Crippen molar-refractivity contribution >= 4 is 5.97 Å². The Morgan fingerprint density at radius 1 is 0.895 bits per heavy atom. The van der Waals surface area contributed by atoms with Crippen molar-refractivity contribution in [2.75, 3.05) is 20.3 Å². The molecule has 0 aromatic heterocycles. The van der Waals surface area contributed by atoms with Crippen molar-refractivity contribution in [3.05, 3.63) is 12.2 Å². The molecule has 1 saturated carbocycles. The Morgan fingerprint density at radius 2 is 1.58 bits per heavy atom. The largest absolute Gasteiger partial charge is 0.465 e. The molecular weight excluding hydrogens is 484 g/mol. The number of rotatable bonds is 17. The van der Waals surface area contributed by atoms with Gasteiger partial charge in [-0.1, -0.05) is 51.2 Å². The van der Waals surface area contributed by atoms with Crippen molar-refractivity contribution in [2.24, 2.45) is 11.8 Å². The lowest BCUT2D eigenvalue weighted by atomic mass is 9.88. The summed E-state index contributed by atoms with van der Waals surface area (Å²) in [4.78, 5) is 13.1. The second kappa shape index (κ2) is 17.6. The number of allylic oxidation sites excluding steroid dienone is 2. The smallest absolute Gasteiger partial charge is 0.366 e. The minimum Gasteiger partial charge on any atom is -0.465 e. The van der Waals surface area contributed by atoms with E-state index in [1.54, 1.807) is 0 Å². The van der Waals surface area contributed by atoms with E-state index in [1.165, 1.54) is 32.8 Å². The molecule has 7 nitrogen and oxygen atoms in total. The molecule has 38 heavy (non-hydrogen) atoms.